The summed E-state index contributed by atoms with van der Waals surface area (Å²) in [6.07, 6.45) is 4.76. The Labute approximate surface area is 122 Å². The van der Waals surface area contributed by atoms with Crippen LogP contribution in [0.4, 0.5) is 0 Å². The van der Waals surface area contributed by atoms with Crippen LogP contribution < -0.4 is 0 Å². The minimum Gasteiger partial charge on any atom is -0.342 e. The van der Waals surface area contributed by atoms with Crippen molar-refractivity contribution in [2.45, 2.75) is 38.1 Å². The van der Waals surface area contributed by atoms with Gasteiger partial charge in [0.2, 0.25) is 11.8 Å². The van der Waals surface area contributed by atoms with Gasteiger partial charge in [-0.05, 0) is 31.6 Å². The molecule has 0 aromatic rings. The zero-order valence-electron chi connectivity index (χ0n) is 11.2. The van der Waals surface area contributed by atoms with Crippen LogP contribution in [0, 0.1) is 11.8 Å². The molecule has 2 amide bonds. The van der Waals surface area contributed by atoms with Gasteiger partial charge in [0.15, 0.2) is 0 Å². The summed E-state index contributed by atoms with van der Waals surface area (Å²) in [5, 5.41) is 0.911. The highest BCUT2D eigenvalue weighted by molar-refractivity contribution is 9.09. The molecule has 1 saturated carbocycles. The molecular weight excluding hydrogens is 308 g/mol. The molecule has 1 unspecified atom stereocenters. The molecule has 19 heavy (non-hydrogen) atoms. The van der Waals surface area contributed by atoms with Crippen LogP contribution in [-0.4, -0.2) is 52.6 Å². The third kappa shape index (κ3) is 2.81. The van der Waals surface area contributed by atoms with Gasteiger partial charge in [0, 0.05) is 43.3 Å². The van der Waals surface area contributed by atoms with E-state index in [9.17, 15) is 9.59 Å². The first-order chi connectivity index (χ1) is 9.19. The van der Waals surface area contributed by atoms with E-state index in [1.54, 1.807) is 0 Å². The van der Waals surface area contributed by atoms with E-state index in [2.05, 4.69) is 20.8 Å². The standard InChI is InChI=1S/C14H21BrN2O2/c15-8-10-7-13(18)17(9-10)12-3-5-16(6-4-12)14(19)11-1-2-11/h10-12H,1-9H2. The maximum atomic E-state index is 12.0. The van der Waals surface area contributed by atoms with E-state index in [0.717, 1.165) is 50.6 Å². The quantitative estimate of drug-likeness (QED) is 0.739. The Hall–Kier alpha value is -0.580. The lowest BCUT2D eigenvalue weighted by Gasteiger charge is -2.37. The van der Waals surface area contributed by atoms with E-state index in [0.29, 0.717) is 36.1 Å². The van der Waals surface area contributed by atoms with E-state index in [1.165, 1.54) is 0 Å². The fourth-order valence-corrected chi connectivity index (χ4v) is 3.68. The monoisotopic (exact) mass is 328 g/mol. The Bertz CT molecular complexity index is 376. The summed E-state index contributed by atoms with van der Waals surface area (Å²) < 4.78 is 0. The molecule has 2 saturated heterocycles. The minimum atomic E-state index is 0.302. The molecule has 0 radical (unpaired) electrons. The maximum absolute atomic E-state index is 12.0. The maximum Gasteiger partial charge on any atom is 0.225 e. The first-order valence-corrected chi connectivity index (χ1v) is 8.45. The third-order valence-corrected chi connectivity index (χ3v) is 5.52. The van der Waals surface area contributed by atoms with Gasteiger partial charge in [-0.1, -0.05) is 15.9 Å². The normalized spacial score (nSPS) is 29.1. The lowest BCUT2D eigenvalue weighted by atomic mass is 10.0. The van der Waals surface area contributed by atoms with Crippen molar-refractivity contribution in [3.8, 4) is 0 Å². The SMILES string of the molecule is O=C(C1CC1)N1CCC(N2CC(CBr)CC2=O)CC1. The molecule has 0 bridgehead atoms. The number of likely N-dealkylation sites (tertiary alicyclic amines) is 2. The second-order valence-electron chi connectivity index (χ2n) is 6.10. The number of carbonyl (C=O) groups excluding carboxylic acids is 2. The number of piperidine rings is 1. The number of halogens is 1. The summed E-state index contributed by atoms with van der Waals surface area (Å²) in [6.45, 7) is 2.57. The van der Waals surface area contributed by atoms with Crippen molar-refractivity contribution in [3.63, 3.8) is 0 Å². The first-order valence-electron chi connectivity index (χ1n) is 7.33. The number of hydrogen-bond donors (Lipinski definition) is 0. The molecular formula is C14H21BrN2O2. The molecule has 4 nitrogen and oxygen atoms in total. The van der Waals surface area contributed by atoms with Crippen LogP contribution in [0.1, 0.15) is 32.1 Å². The molecule has 1 aliphatic carbocycles. The first kappa shape index (κ1) is 13.4. The van der Waals surface area contributed by atoms with Crippen molar-refractivity contribution in [3.05, 3.63) is 0 Å². The lowest BCUT2D eigenvalue weighted by molar-refractivity contribution is -0.135. The number of rotatable bonds is 3. The van der Waals surface area contributed by atoms with Crippen molar-refractivity contribution in [2.24, 2.45) is 11.8 Å². The molecule has 0 spiro atoms. The molecule has 2 heterocycles. The fourth-order valence-electron chi connectivity index (χ4n) is 3.25. The van der Waals surface area contributed by atoms with Gasteiger partial charge < -0.3 is 9.80 Å². The number of carbonyl (C=O) groups is 2. The van der Waals surface area contributed by atoms with E-state index in [-0.39, 0.29) is 0 Å². The van der Waals surface area contributed by atoms with Gasteiger partial charge in [-0.15, -0.1) is 0 Å². The van der Waals surface area contributed by atoms with Gasteiger partial charge >= 0.3 is 0 Å². The molecule has 5 heteroatoms. The summed E-state index contributed by atoms with van der Waals surface area (Å²) in [5.41, 5.74) is 0. The fraction of sp³-hybridized carbons (Fsp3) is 0.857. The molecule has 3 rings (SSSR count). The predicted molar refractivity (Wildman–Crippen MR) is 75.9 cm³/mol. The second-order valence-corrected chi connectivity index (χ2v) is 6.75. The Balaban J connectivity index is 1.52. The van der Waals surface area contributed by atoms with Crippen LogP contribution in [0.25, 0.3) is 0 Å². The zero-order valence-corrected chi connectivity index (χ0v) is 12.8. The highest BCUT2D eigenvalue weighted by Gasteiger charge is 2.38. The van der Waals surface area contributed by atoms with E-state index in [1.807, 2.05) is 4.90 Å². The third-order valence-electron chi connectivity index (χ3n) is 4.60. The molecule has 106 valence electrons. The van der Waals surface area contributed by atoms with Crippen molar-refractivity contribution < 1.29 is 9.59 Å². The van der Waals surface area contributed by atoms with Crippen LogP contribution in [0.5, 0.6) is 0 Å². The topological polar surface area (TPSA) is 40.6 Å². The van der Waals surface area contributed by atoms with E-state index >= 15 is 0 Å². The van der Waals surface area contributed by atoms with Crippen LogP contribution >= 0.6 is 15.9 Å². The summed E-state index contributed by atoms with van der Waals surface area (Å²) in [4.78, 5) is 28.1. The summed E-state index contributed by atoms with van der Waals surface area (Å²) in [7, 11) is 0. The highest BCUT2D eigenvalue weighted by Crippen LogP contribution is 2.33. The van der Waals surface area contributed by atoms with Gasteiger partial charge in [-0.25, -0.2) is 0 Å². The van der Waals surface area contributed by atoms with Crippen LogP contribution in [0.2, 0.25) is 0 Å². The van der Waals surface area contributed by atoms with Gasteiger partial charge in [0.05, 0.1) is 0 Å². The minimum absolute atomic E-state index is 0.302. The predicted octanol–water partition coefficient (Wildman–Crippen LogP) is 1.63. The van der Waals surface area contributed by atoms with E-state index in [4.69, 9.17) is 0 Å². The van der Waals surface area contributed by atoms with Crippen LogP contribution in [0.15, 0.2) is 0 Å². The van der Waals surface area contributed by atoms with Gasteiger partial charge in [-0.2, -0.15) is 0 Å². The molecule has 2 aliphatic heterocycles. The number of nitrogens with zero attached hydrogens (tertiary/aromatic N) is 2. The largest absolute Gasteiger partial charge is 0.342 e. The van der Waals surface area contributed by atoms with Gasteiger partial charge in [0.1, 0.15) is 0 Å². The second kappa shape index (κ2) is 5.43. The average molecular weight is 329 g/mol. The van der Waals surface area contributed by atoms with Crippen LogP contribution in [0.3, 0.4) is 0 Å². The zero-order chi connectivity index (χ0) is 13.4. The Morgan fingerprint density at radius 3 is 2.42 bits per heavy atom. The molecule has 3 aliphatic rings. The summed E-state index contributed by atoms with van der Waals surface area (Å²) in [5.74, 6) is 1.45. The number of alkyl halides is 1. The molecule has 0 aromatic carbocycles. The Kier molecular flexibility index (Phi) is 3.83. The highest BCUT2D eigenvalue weighted by atomic mass is 79.9. The Morgan fingerprint density at radius 2 is 1.89 bits per heavy atom. The molecule has 0 N–H and O–H groups in total. The molecule has 1 atom stereocenters. The Morgan fingerprint density at radius 1 is 1.21 bits per heavy atom. The summed E-state index contributed by atoms with van der Waals surface area (Å²) in [6, 6.07) is 0.361. The van der Waals surface area contributed by atoms with Crippen molar-refractivity contribution in [1.82, 2.24) is 9.80 Å². The van der Waals surface area contributed by atoms with E-state index < -0.39 is 0 Å². The molecule has 0 aromatic heterocycles. The number of hydrogen-bond acceptors (Lipinski definition) is 2. The number of amides is 2. The lowest BCUT2D eigenvalue weighted by Crippen LogP contribution is -2.47. The van der Waals surface area contributed by atoms with Gasteiger partial charge in [0.25, 0.3) is 0 Å². The van der Waals surface area contributed by atoms with Gasteiger partial charge in [-0.3, -0.25) is 9.59 Å². The van der Waals surface area contributed by atoms with Crippen molar-refractivity contribution in [2.75, 3.05) is 25.0 Å². The smallest absolute Gasteiger partial charge is 0.225 e. The summed E-state index contributed by atoms with van der Waals surface area (Å²) >= 11 is 3.47. The van der Waals surface area contributed by atoms with Crippen LogP contribution in [-0.2, 0) is 9.59 Å². The van der Waals surface area contributed by atoms with Crippen molar-refractivity contribution in [1.29, 1.82) is 0 Å². The van der Waals surface area contributed by atoms with Crippen molar-refractivity contribution >= 4 is 27.7 Å². The molecule has 3 fully saturated rings. The average Bonchev–Trinajstić information content (AvgIpc) is 3.21.